The van der Waals surface area contributed by atoms with E-state index in [0.717, 1.165) is 24.2 Å². The second-order valence-corrected chi connectivity index (χ2v) is 9.99. The van der Waals surface area contributed by atoms with Gasteiger partial charge in [0.15, 0.2) is 5.13 Å². The molecule has 162 valence electrons. The van der Waals surface area contributed by atoms with Crippen LogP contribution in [0.3, 0.4) is 0 Å². The maximum atomic E-state index is 13.0. The minimum atomic E-state index is -3.74. The summed E-state index contributed by atoms with van der Waals surface area (Å²) in [5.41, 5.74) is 1.57. The number of hydrogen-bond acceptors (Lipinski definition) is 6. The number of thiazole rings is 1. The number of rotatable bonds is 6. The molecule has 3 aromatic rings. The zero-order valence-electron chi connectivity index (χ0n) is 17.0. The van der Waals surface area contributed by atoms with Crippen LogP contribution in [0.25, 0.3) is 0 Å². The van der Waals surface area contributed by atoms with Crippen LogP contribution in [0.15, 0.2) is 65.0 Å². The number of amides is 1. The fourth-order valence-electron chi connectivity index (χ4n) is 3.51. The highest BCUT2D eigenvalue weighted by atomic mass is 32.2. The Hall–Kier alpha value is -2.91. The first kappa shape index (κ1) is 21.3. The first-order valence-corrected chi connectivity index (χ1v) is 12.3. The molecule has 1 amide bonds. The number of carbonyl (C=O) groups excluding carboxylic acids is 1. The van der Waals surface area contributed by atoms with Gasteiger partial charge < -0.3 is 9.64 Å². The first-order valence-electron chi connectivity index (χ1n) is 9.96. The van der Waals surface area contributed by atoms with Gasteiger partial charge in [0, 0.05) is 23.7 Å². The Kier molecular flexibility index (Phi) is 6.24. The number of hydrogen-bond donors (Lipinski definition) is 1. The fourth-order valence-corrected chi connectivity index (χ4v) is 5.30. The number of likely N-dealkylation sites (tertiary alicyclic amines) is 1. The number of sulfonamides is 1. The number of anilines is 1. The minimum absolute atomic E-state index is 0.0679. The number of carbonyl (C=O) groups is 1. The van der Waals surface area contributed by atoms with Crippen LogP contribution in [0, 0.1) is 6.92 Å². The molecule has 1 saturated heterocycles. The molecule has 1 N–H and O–H groups in total. The molecule has 0 aliphatic carbocycles. The lowest BCUT2D eigenvalue weighted by molar-refractivity contribution is 0.0537. The molecule has 31 heavy (non-hydrogen) atoms. The fraction of sp³-hybridized carbons (Fsp3) is 0.273. The van der Waals surface area contributed by atoms with Crippen LogP contribution in [0.1, 0.15) is 28.8 Å². The number of benzene rings is 2. The van der Waals surface area contributed by atoms with Crippen LogP contribution in [-0.4, -0.2) is 43.4 Å². The molecule has 1 fully saturated rings. The van der Waals surface area contributed by atoms with Crippen molar-refractivity contribution in [2.75, 3.05) is 17.8 Å². The number of nitrogens with zero attached hydrogens (tertiary/aromatic N) is 2. The van der Waals surface area contributed by atoms with Gasteiger partial charge in [-0.05, 0) is 61.7 Å². The predicted molar refractivity (Wildman–Crippen MR) is 120 cm³/mol. The maximum Gasteiger partial charge on any atom is 0.263 e. The van der Waals surface area contributed by atoms with Gasteiger partial charge in [-0.1, -0.05) is 12.1 Å². The monoisotopic (exact) mass is 457 g/mol. The Morgan fingerprint density at radius 1 is 1.23 bits per heavy atom. The summed E-state index contributed by atoms with van der Waals surface area (Å²) in [4.78, 5) is 18.7. The maximum absolute atomic E-state index is 13.0. The van der Waals surface area contributed by atoms with E-state index in [1.54, 1.807) is 22.4 Å². The third-order valence-corrected chi connectivity index (χ3v) is 7.20. The van der Waals surface area contributed by atoms with E-state index < -0.39 is 10.0 Å². The van der Waals surface area contributed by atoms with E-state index in [1.807, 2.05) is 31.2 Å². The summed E-state index contributed by atoms with van der Waals surface area (Å²) in [6, 6.07) is 13.8. The van der Waals surface area contributed by atoms with Crippen molar-refractivity contribution in [3.63, 3.8) is 0 Å². The van der Waals surface area contributed by atoms with Crippen LogP contribution < -0.4 is 9.46 Å². The van der Waals surface area contributed by atoms with Crippen molar-refractivity contribution in [2.45, 2.75) is 30.8 Å². The number of nitrogens with one attached hydrogen (secondary N) is 1. The lowest BCUT2D eigenvalue weighted by atomic mass is 10.1. The number of aryl methyl sites for hydroxylation is 1. The molecule has 0 bridgehead atoms. The van der Waals surface area contributed by atoms with E-state index >= 15 is 0 Å². The van der Waals surface area contributed by atoms with Crippen molar-refractivity contribution in [1.29, 1.82) is 0 Å². The Morgan fingerprint density at radius 2 is 2.03 bits per heavy atom. The third kappa shape index (κ3) is 5.23. The van der Waals surface area contributed by atoms with E-state index in [4.69, 9.17) is 4.74 Å². The molecular formula is C22H23N3O4S2. The van der Waals surface area contributed by atoms with Crippen LogP contribution in [0.2, 0.25) is 0 Å². The minimum Gasteiger partial charge on any atom is -0.489 e. The van der Waals surface area contributed by atoms with Gasteiger partial charge in [0.05, 0.1) is 11.4 Å². The first-order chi connectivity index (χ1) is 14.9. The lowest BCUT2D eigenvalue weighted by Gasteiger charge is -2.33. The van der Waals surface area contributed by atoms with Gasteiger partial charge in [0.25, 0.3) is 15.9 Å². The molecular weight excluding hydrogens is 434 g/mol. The third-order valence-electron chi connectivity index (χ3n) is 5.02. The number of ether oxygens (including phenoxy) is 1. The van der Waals surface area contributed by atoms with Crippen molar-refractivity contribution in [3.8, 4) is 5.75 Å². The van der Waals surface area contributed by atoms with Crippen molar-refractivity contribution in [3.05, 3.63) is 71.2 Å². The summed E-state index contributed by atoms with van der Waals surface area (Å²) in [6.07, 6.45) is 3.20. The molecule has 9 heteroatoms. The van der Waals surface area contributed by atoms with E-state index in [1.165, 1.54) is 29.7 Å². The molecule has 0 spiro atoms. The molecule has 1 aromatic heterocycles. The van der Waals surface area contributed by atoms with Gasteiger partial charge in [-0.2, -0.15) is 0 Å². The van der Waals surface area contributed by atoms with E-state index in [9.17, 15) is 13.2 Å². The molecule has 2 heterocycles. The summed E-state index contributed by atoms with van der Waals surface area (Å²) in [7, 11) is -3.74. The second kappa shape index (κ2) is 9.07. The summed E-state index contributed by atoms with van der Waals surface area (Å²) in [5.74, 6) is 0.677. The number of aromatic nitrogens is 1. The Labute approximate surface area is 185 Å². The average Bonchev–Trinajstić information content (AvgIpc) is 3.26. The van der Waals surface area contributed by atoms with Gasteiger partial charge in [0.1, 0.15) is 11.9 Å². The second-order valence-electron chi connectivity index (χ2n) is 7.42. The quantitative estimate of drug-likeness (QED) is 0.606. The summed E-state index contributed by atoms with van der Waals surface area (Å²) < 4.78 is 33.4. The zero-order chi connectivity index (χ0) is 21.8. The highest BCUT2D eigenvalue weighted by Crippen LogP contribution is 2.22. The summed E-state index contributed by atoms with van der Waals surface area (Å²) in [5, 5.41) is 1.99. The van der Waals surface area contributed by atoms with Gasteiger partial charge in [-0.25, -0.2) is 13.4 Å². The average molecular weight is 458 g/mol. The Morgan fingerprint density at radius 3 is 2.74 bits per heavy atom. The molecule has 0 radical (unpaired) electrons. The largest absolute Gasteiger partial charge is 0.489 e. The Bertz CT molecular complexity index is 1150. The molecule has 1 unspecified atom stereocenters. The van der Waals surface area contributed by atoms with E-state index in [0.29, 0.717) is 23.8 Å². The molecule has 4 rings (SSSR count). The van der Waals surface area contributed by atoms with Crippen LogP contribution in [0.4, 0.5) is 5.13 Å². The molecule has 1 aliphatic heterocycles. The van der Waals surface area contributed by atoms with Gasteiger partial charge in [0.2, 0.25) is 0 Å². The highest BCUT2D eigenvalue weighted by molar-refractivity contribution is 7.93. The summed E-state index contributed by atoms with van der Waals surface area (Å²) >= 11 is 1.20. The summed E-state index contributed by atoms with van der Waals surface area (Å²) in [6.45, 7) is 3.16. The van der Waals surface area contributed by atoms with Crippen molar-refractivity contribution in [2.24, 2.45) is 0 Å². The smallest absolute Gasteiger partial charge is 0.263 e. The van der Waals surface area contributed by atoms with Crippen molar-refractivity contribution in [1.82, 2.24) is 9.88 Å². The van der Waals surface area contributed by atoms with Gasteiger partial charge >= 0.3 is 0 Å². The topological polar surface area (TPSA) is 88.6 Å². The van der Waals surface area contributed by atoms with Crippen molar-refractivity contribution < 1.29 is 17.9 Å². The lowest BCUT2D eigenvalue weighted by Crippen LogP contribution is -2.44. The SMILES string of the molecule is Cc1cccc(OC2CCCN(C(=O)c3ccc(S(=O)(=O)Nc4nccs4)cc3)C2)c1. The molecule has 7 nitrogen and oxygen atoms in total. The molecule has 0 saturated carbocycles. The van der Waals surface area contributed by atoms with E-state index in [2.05, 4.69) is 9.71 Å². The Balaban J connectivity index is 1.41. The van der Waals surface area contributed by atoms with Crippen LogP contribution in [0.5, 0.6) is 5.75 Å². The normalized spacial score (nSPS) is 16.7. The van der Waals surface area contributed by atoms with E-state index in [-0.39, 0.29) is 16.9 Å². The van der Waals surface area contributed by atoms with Crippen LogP contribution in [-0.2, 0) is 10.0 Å². The zero-order valence-corrected chi connectivity index (χ0v) is 18.7. The van der Waals surface area contributed by atoms with Gasteiger partial charge in [-0.15, -0.1) is 11.3 Å². The van der Waals surface area contributed by atoms with Crippen molar-refractivity contribution >= 4 is 32.4 Å². The predicted octanol–water partition coefficient (Wildman–Crippen LogP) is 3.94. The van der Waals surface area contributed by atoms with Crippen LogP contribution >= 0.6 is 11.3 Å². The number of piperidine rings is 1. The van der Waals surface area contributed by atoms with Gasteiger partial charge in [-0.3, -0.25) is 9.52 Å². The molecule has 1 aliphatic rings. The molecule has 1 atom stereocenters. The standard InChI is InChI=1S/C22H23N3O4S2/c1-16-4-2-5-18(14-16)29-19-6-3-12-25(15-19)21(26)17-7-9-20(10-8-17)31(27,28)24-22-23-11-13-30-22/h2,4-5,7-11,13-14,19H,3,6,12,15H2,1H3,(H,23,24). The highest BCUT2D eigenvalue weighted by Gasteiger charge is 2.26. The molecule has 2 aromatic carbocycles.